The zero-order chi connectivity index (χ0) is 23.4. The van der Waals surface area contributed by atoms with E-state index in [1.807, 2.05) is 12.1 Å². The van der Waals surface area contributed by atoms with Gasteiger partial charge in [0.2, 0.25) is 10.0 Å². The highest BCUT2D eigenvalue weighted by Gasteiger charge is 2.28. The van der Waals surface area contributed by atoms with E-state index in [1.165, 1.54) is 0 Å². The third kappa shape index (κ3) is 5.04. The minimum atomic E-state index is -3.53. The lowest BCUT2D eigenvalue weighted by molar-refractivity contribution is 0.0526. The van der Waals surface area contributed by atoms with Crippen LogP contribution in [0.1, 0.15) is 35.7 Å². The number of nitrogens with one attached hydrogen (secondary N) is 1. The molecule has 0 radical (unpaired) electrons. The van der Waals surface area contributed by atoms with Gasteiger partial charge in [-0.1, -0.05) is 18.2 Å². The van der Waals surface area contributed by atoms with Crippen LogP contribution in [0.5, 0.6) is 0 Å². The first-order valence-corrected chi connectivity index (χ1v) is 12.3. The minimum absolute atomic E-state index is 0.307. The van der Waals surface area contributed by atoms with Gasteiger partial charge in [-0.2, -0.15) is 4.31 Å². The fraction of sp³-hybridized carbons (Fsp3) is 0.292. The summed E-state index contributed by atoms with van der Waals surface area (Å²) in [5.74, 6) is 0.110. The van der Waals surface area contributed by atoms with Crippen LogP contribution in [0.3, 0.4) is 0 Å². The van der Waals surface area contributed by atoms with Crippen LogP contribution < -0.4 is 5.32 Å². The predicted molar refractivity (Wildman–Crippen MR) is 126 cm³/mol. The van der Waals surface area contributed by atoms with E-state index in [1.54, 1.807) is 60.6 Å². The molecule has 3 aromatic rings. The van der Waals surface area contributed by atoms with Gasteiger partial charge in [0.1, 0.15) is 0 Å². The second kappa shape index (κ2) is 9.68. The molecule has 0 aliphatic carbocycles. The Morgan fingerprint density at radius 2 is 1.85 bits per heavy atom. The van der Waals surface area contributed by atoms with Crippen molar-refractivity contribution in [3.8, 4) is 11.3 Å². The third-order valence-electron chi connectivity index (χ3n) is 5.48. The average molecular weight is 467 g/mol. The molecule has 1 aliphatic rings. The monoisotopic (exact) mass is 466 g/mol. The summed E-state index contributed by atoms with van der Waals surface area (Å²) in [6, 6.07) is 15.8. The molecule has 0 spiro atoms. The van der Waals surface area contributed by atoms with Gasteiger partial charge in [0, 0.05) is 24.3 Å². The Bertz CT molecular complexity index is 1250. The number of aromatic nitrogens is 2. The van der Waals surface area contributed by atoms with Crippen LogP contribution in [-0.4, -0.2) is 48.6 Å². The number of carbonyl (C=O) groups excluding carboxylic acids is 1. The largest absolute Gasteiger partial charge is 0.462 e. The van der Waals surface area contributed by atoms with E-state index in [0.717, 1.165) is 12.8 Å². The Balaban J connectivity index is 1.54. The fourth-order valence-electron chi connectivity index (χ4n) is 3.74. The quantitative estimate of drug-likeness (QED) is 0.522. The predicted octanol–water partition coefficient (Wildman–Crippen LogP) is 4.16. The van der Waals surface area contributed by atoms with E-state index >= 15 is 0 Å². The van der Waals surface area contributed by atoms with Gasteiger partial charge in [-0.25, -0.2) is 13.2 Å². The van der Waals surface area contributed by atoms with E-state index in [2.05, 4.69) is 15.5 Å². The number of rotatable bonds is 7. The Labute approximate surface area is 193 Å². The molecule has 33 heavy (non-hydrogen) atoms. The SMILES string of the molecule is CCOC(=O)c1cccc(Nc2ccc(-c3ccc(C)c(S(=O)(=O)N4CCCC4)c3)nn2)c1. The Hall–Kier alpha value is -3.30. The van der Waals surface area contributed by atoms with Crippen molar-refractivity contribution in [3.05, 3.63) is 65.7 Å². The highest BCUT2D eigenvalue weighted by atomic mass is 32.2. The van der Waals surface area contributed by atoms with Crippen molar-refractivity contribution < 1.29 is 17.9 Å². The van der Waals surface area contributed by atoms with Gasteiger partial charge < -0.3 is 10.1 Å². The molecule has 1 aliphatic heterocycles. The maximum absolute atomic E-state index is 13.1. The summed E-state index contributed by atoms with van der Waals surface area (Å²) >= 11 is 0. The molecule has 0 amide bonds. The Morgan fingerprint density at radius 3 is 2.55 bits per heavy atom. The third-order valence-corrected chi connectivity index (χ3v) is 7.52. The molecule has 0 atom stereocenters. The molecule has 172 valence electrons. The summed E-state index contributed by atoms with van der Waals surface area (Å²) in [6.45, 7) is 4.99. The maximum atomic E-state index is 13.1. The van der Waals surface area contributed by atoms with Crippen LogP contribution >= 0.6 is 0 Å². The maximum Gasteiger partial charge on any atom is 0.338 e. The van der Waals surface area contributed by atoms with E-state index in [0.29, 0.717) is 58.5 Å². The zero-order valence-corrected chi connectivity index (χ0v) is 19.4. The Morgan fingerprint density at radius 1 is 1.06 bits per heavy atom. The van der Waals surface area contributed by atoms with Crippen LogP contribution in [0.15, 0.2) is 59.5 Å². The number of esters is 1. The Kier molecular flexibility index (Phi) is 6.71. The van der Waals surface area contributed by atoms with Gasteiger partial charge in [-0.05, 0) is 68.7 Å². The summed E-state index contributed by atoms with van der Waals surface area (Å²) in [4.78, 5) is 12.2. The van der Waals surface area contributed by atoms with Gasteiger partial charge in [-0.15, -0.1) is 10.2 Å². The van der Waals surface area contributed by atoms with Crippen molar-refractivity contribution in [3.63, 3.8) is 0 Å². The first-order valence-electron chi connectivity index (χ1n) is 10.9. The molecule has 2 aromatic carbocycles. The van der Waals surface area contributed by atoms with E-state index in [-0.39, 0.29) is 5.97 Å². The molecule has 0 unspecified atom stereocenters. The molecule has 1 aromatic heterocycles. The summed E-state index contributed by atoms with van der Waals surface area (Å²) in [7, 11) is -3.53. The number of hydrogen-bond donors (Lipinski definition) is 1. The van der Waals surface area contributed by atoms with Crippen molar-refractivity contribution in [2.75, 3.05) is 25.0 Å². The summed E-state index contributed by atoms with van der Waals surface area (Å²) in [5.41, 5.74) is 3.08. The molecule has 1 saturated heterocycles. The summed E-state index contributed by atoms with van der Waals surface area (Å²) in [5, 5.41) is 11.6. The second-order valence-corrected chi connectivity index (χ2v) is 9.73. The smallest absolute Gasteiger partial charge is 0.338 e. The number of carbonyl (C=O) groups is 1. The molecular weight excluding hydrogens is 440 g/mol. The first-order chi connectivity index (χ1) is 15.9. The molecule has 9 heteroatoms. The number of anilines is 2. The van der Waals surface area contributed by atoms with Crippen LogP contribution in [0.4, 0.5) is 11.5 Å². The lowest BCUT2D eigenvalue weighted by Gasteiger charge is -2.17. The molecule has 0 saturated carbocycles. The molecule has 1 N–H and O–H groups in total. The summed E-state index contributed by atoms with van der Waals surface area (Å²) in [6.07, 6.45) is 1.78. The first kappa shape index (κ1) is 22.9. The zero-order valence-electron chi connectivity index (χ0n) is 18.6. The van der Waals surface area contributed by atoms with Crippen molar-refractivity contribution in [1.29, 1.82) is 0 Å². The molecule has 8 nitrogen and oxygen atoms in total. The number of sulfonamides is 1. The van der Waals surface area contributed by atoms with Crippen LogP contribution in [0.25, 0.3) is 11.3 Å². The molecule has 2 heterocycles. The topological polar surface area (TPSA) is 101 Å². The molecule has 1 fully saturated rings. The van der Waals surface area contributed by atoms with Crippen LogP contribution in [0, 0.1) is 6.92 Å². The average Bonchev–Trinajstić information content (AvgIpc) is 3.36. The lowest BCUT2D eigenvalue weighted by Crippen LogP contribution is -2.28. The molecular formula is C24H26N4O4S. The lowest BCUT2D eigenvalue weighted by atomic mass is 10.1. The van der Waals surface area contributed by atoms with Gasteiger partial charge in [0.15, 0.2) is 5.82 Å². The van der Waals surface area contributed by atoms with Gasteiger partial charge >= 0.3 is 5.97 Å². The molecule has 0 bridgehead atoms. The summed E-state index contributed by atoms with van der Waals surface area (Å²) < 4.78 is 32.7. The van der Waals surface area contributed by atoms with Crippen molar-refractivity contribution >= 4 is 27.5 Å². The number of ether oxygens (including phenoxy) is 1. The highest BCUT2D eigenvalue weighted by Crippen LogP contribution is 2.28. The number of aryl methyl sites for hydroxylation is 1. The standard InChI is InChI=1S/C24H26N4O4S/c1-3-32-24(29)19-7-6-8-20(15-19)25-23-12-11-21(26-27-23)18-10-9-17(2)22(16-18)33(30,31)28-13-4-5-14-28/h6-12,15-16H,3-5,13-14H2,1-2H3,(H,25,27). The van der Waals surface area contributed by atoms with Gasteiger partial charge in [-0.3, -0.25) is 0 Å². The number of nitrogens with zero attached hydrogens (tertiary/aromatic N) is 3. The van der Waals surface area contributed by atoms with Crippen molar-refractivity contribution in [2.24, 2.45) is 0 Å². The van der Waals surface area contributed by atoms with E-state index < -0.39 is 10.0 Å². The second-order valence-electron chi connectivity index (χ2n) is 7.82. The van der Waals surface area contributed by atoms with Crippen molar-refractivity contribution in [2.45, 2.75) is 31.6 Å². The number of benzene rings is 2. The highest BCUT2D eigenvalue weighted by molar-refractivity contribution is 7.89. The van der Waals surface area contributed by atoms with Gasteiger partial charge in [0.25, 0.3) is 0 Å². The van der Waals surface area contributed by atoms with Gasteiger partial charge in [0.05, 0.1) is 22.8 Å². The minimum Gasteiger partial charge on any atom is -0.462 e. The normalized spacial score (nSPS) is 14.2. The van der Waals surface area contributed by atoms with Crippen molar-refractivity contribution in [1.82, 2.24) is 14.5 Å². The van der Waals surface area contributed by atoms with Crippen LogP contribution in [0.2, 0.25) is 0 Å². The van der Waals surface area contributed by atoms with E-state index in [9.17, 15) is 13.2 Å². The van der Waals surface area contributed by atoms with E-state index in [4.69, 9.17) is 4.74 Å². The number of hydrogen-bond acceptors (Lipinski definition) is 7. The van der Waals surface area contributed by atoms with Crippen LogP contribution in [-0.2, 0) is 14.8 Å². The molecule has 4 rings (SSSR count). The fourth-order valence-corrected chi connectivity index (χ4v) is 5.51.